The van der Waals surface area contributed by atoms with Gasteiger partial charge in [-0.25, -0.2) is 4.98 Å². The molecule has 0 radical (unpaired) electrons. The fraction of sp³-hybridized carbons (Fsp3) is 0.200. The van der Waals surface area contributed by atoms with E-state index in [9.17, 15) is 4.79 Å². The van der Waals surface area contributed by atoms with E-state index in [1.54, 1.807) is 6.92 Å². The summed E-state index contributed by atoms with van der Waals surface area (Å²) in [6, 6.07) is 20.7. The number of carbonyl (C=O) groups is 1. The van der Waals surface area contributed by atoms with Crippen LogP contribution in [0.1, 0.15) is 33.4 Å². The number of benzene rings is 2. The maximum absolute atomic E-state index is 11.8. The highest BCUT2D eigenvalue weighted by Crippen LogP contribution is 2.29. The largest absolute Gasteiger partial charge is 0.339 e. The van der Waals surface area contributed by atoms with Crippen LogP contribution in [0, 0.1) is 6.92 Å². The Morgan fingerprint density at radius 1 is 0.958 bits per heavy atom. The minimum Gasteiger partial charge on any atom is -0.339 e. The second-order valence-electron chi connectivity index (χ2n) is 5.79. The van der Waals surface area contributed by atoms with Crippen LogP contribution in [-0.2, 0) is 13.1 Å². The van der Waals surface area contributed by atoms with Crippen molar-refractivity contribution in [1.82, 2.24) is 4.98 Å². The molecular weight excluding hydrogens is 316 g/mol. The summed E-state index contributed by atoms with van der Waals surface area (Å²) < 4.78 is 0. The minimum atomic E-state index is 0.0793. The lowest BCUT2D eigenvalue weighted by molar-refractivity contribution is 0.102. The first-order valence-corrected chi connectivity index (χ1v) is 8.76. The van der Waals surface area contributed by atoms with Gasteiger partial charge < -0.3 is 4.90 Å². The Labute approximate surface area is 146 Å². The SMILES string of the molecule is CC(=O)c1sc(N(Cc2ccccc2)Cc2ccccc2)nc1C. The predicted octanol–water partition coefficient (Wildman–Crippen LogP) is 4.86. The van der Waals surface area contributed by atoms with Crippen molar-refractivity contribution in [3.05, 3.63) is 82.4 Å². The molecule has 4 heteroatoms. The number of thiazole rings is 1. The van der Waals surface area contributed by atoms with Crippen molar-refractivity contribution in [3.63, 3.8) is 0 Å². The zero-order chi connectivity index (χ0) is 16.9. The number of anilines is 1. The number of nitrogens with zero attached hydrogens (tertiary/aromatic N) is 2. The van der Waals surface area contributed by atoms with Gasteiger partial charge in [0.2, 0.25) is 0 Å². The molecule has 1 aromatic heterocycles. The molecule has 0 spiro atoms. The topological polar surface area (TPSA) is 33.2 Å². The number of aryl methyl sites for hydroxylation is 1. The average molecular weight is 336 g/mol. The summed E-state index contributed by atoms with van der Waals surface area (Å²) in [5.74, 6) is 0.0793. The van der Waals surface area contributed by atoms with E-state index in [2.05, 4.69) is 34.1 Å². The van der Waals surface area contributed by atoms with Crippen LogP contribution in [0.5, 0.6) is 0 Å². The van der Waals surface area contributed by atoms with Gasteiger partial charge in [0.05, 0.1) is 10.6 Å². The van der Waals surface area contributed by atoms with E-state index < -0.39 is 0 Å². The minimum absolute atomic E-state index is 0.0793. The van der Waals surface area contributed by atoms with Gasteiger partial charge in [-0.05, 0) is 18.1 Å². The van der Waals surface area contributed by atoms with Gasteiger partial charge in [0, 0.05) is 20.0 Å². The fourth-order valence-corrected chi connectivity index (χ4v) is 3.60. The summed E-state index contributed by atoms with van der Waals surface area (Å²) in [5, 5.41) is 0.894. The van der Waals surface area contributed by atoms with Crippen molar-refractivity contribution in [2.24, 2.45) is 0 Å². The molecule has 0 bridgehead atoms. The molecule has 0 saturated heterocycles. The van der Waals surface area contributed by atoms with Crippen LogP contribution in [0.15, 0.2) is 60.7 Å². The van der Waals surface area contributed by atoms with Gasteiger partial charge in [-0.2, -0.15) is 0 Å². The summed E-state index contributed by atoms with van der Waals surface area (Å²) in [6.07, 6.45) is 0. The molecular formula is C20H20N2OS. The smallest absolute Gasteiger partial charge is 0.186 e. The van der Waals surface area contributed by atoms with Gasteiger partial charge in [0.25, 0.3) is 0 Å². The molecule has 0 fully saturated rings. The molecule has 0 aliphatic rings. The van der Waals surface area contributed by atoms with E-state index >= 15 is 0 Å². The number of aromatic nitrogens is 1. The molecule has 0 aliphatic heterocycles. The first-order chi connectivity index (χ1) is 11.6. The van der Waals surface area contributed by atoms with Gasteiger partial charge in [0.1, 0.15) is 0 Å². The second kappa shape index (κ2) is 7.41. The van der Waals surface area contributed by atoms with E-state index in [1.165, 1.54) is 22.5 Å². The van der Waals surface area contributed by atoms with E-state index in [0.29, 0.717) is 0 Å². The number of Topliss-reactive ketones (excluding diaryl/α,β-unsaturated/α-hetero) is 1. The second-order valence-corrected chi connectivity index (χ2v) is 6.77. The van der Waals surface area contributed by atoms with Crippen LogP contribution in [0.4, 0.5) is 5.13 Å². The fourth-order valence-electron chi connectivity index (χ4n) is 2.64. The Bertz CT molecular complexity index is 771. The third-order valence-electron chi connectivity index (χ3n) is 3.81. The third kappa shape index (κ3) is 3.89. The van der Waals surface area contributed by atoms with Gasteiger partial charge in [-0.1, -0.05) is 72.0 Å². The lowest BCUT2D eigenvalue weighted by atomic mass is 10.2. The molecule has 0 unspecified atom stereocenters. The summed E-state index contributed by atoms with van der Waals surface area (Å²) in [7, 11) is 0. The number of rotatable bonds is 6. The van der Waals surface area contributed by atoms with Crippen molar-refractivity contribution in [2.45, 2.75) is 26.9 Å². The average Bonchev–Trinajstić information content (AvgIpc) is 2.98. The van der Waals surface area contributed by atoms with Crippen LogP contribution in [-0.4, -0.2) is 10.8 Å². The number of carbonyl (C=O) groups excluding carboxylic acids is 1. The van der Waals surface area contributed by atoms with E-state index in [4.69, 9.17) is 0 Å². The number of ketones is 1. The lowest BCUT2D eigenvalue weighted by Crippen LogP contribution is -2.21. The Morgan fingerprint density at radius 2 is 1.46 bits per heavy atom. The molecule has 3 rings (SSSR count). The molecule has 3 nitrogen and oxygen atoms in total. The maximum atomic E-state index is 11.8. The van der Waals surface area contributed by atoms with Crippen molar-refractivity contribution < 1.29 is 4.79 Å². The van der Waals surface area contributed by atoms with Crippen LogP contribution in [0.2, 0.25) is 0 Å². The molecule has 0 amide bonds. The predicted molar refractivity (Wildman–Crippen MR) is 99.6 cm³/mol. The summed E-state index contributed by atoms with van der Waals surface area (Å²) >= 11 is 1.48. The highest BCUT2D eigenvalue weighted by atomic mass is 32.1. The highest BCUT2D eigenvalue weighted by molar-refractivity contribution is 7.17. The summed E-state index contributed by atoms with van der Waals surface area (Å²) in [4.78, 5) is 19.4. The molecule has 1 heterocycles. The van der Waals surface area contributed by atoms with Crippen LogP contribution in [0.25, 0.3) is 0 Å². The van der Waals surface area contributed by atoms with Crippen molar-refractivity contribution in [1.29, 1.82) is 0 Å². The molecule has 0 saturated carbocycles. The Morgan fingerprint density at radius 3 is 1.88 bits per heavy atom. The zero-order valence-corrected chi connectivity index (χ0v) is 14.7. The molecule has 24 heavy (non-hydrogen) atoms. The van der Waals surface area contributed by atoms with E-state index in [-0.39, 0.29) is 5.78 Å². The van der Waals surface area contributed by atoms with Gasteiger partial charge in [-0.3, -0.25) is 4.79 Å². The van der Waals surface area contributed by atoms with Crippen molar-refractivity contribution in [2.75, 3.05) is 4.90 Å². The Kier molecular flexibility index (Phi) is 5.06. The Balaban J connectivity index is 1.92. The zero-order valence-electron chi connectivity index (χ0n) is 13.9. The molecule has 2 aromatic carbocycles. The number of hydrogen-bond acceptors (Lipinski definition) is 4. The van der Waals surface area contributed by atoms with Gasteiger partial charge in [0.15, 0.2) is 10.9 Å². The van der Waals surface area contributed by atoms with Crippen LogP contribution in [0.3, 0.4) is 0 Å². The summed E-state index contributed by atoms with van der Waals surface area (Å²) in [6.45, 7) is 5.03. The molecule has 0 aliphatic carbocycles. The molecule has 0 atom stereocenters. The first kappa shape index (κ1) is 16.4. The molecule has 3 aromatic rings. The third-order valence-corrected chi connectivity index (χ3v) is 5.13. The van der Waals surface area contributed by atoms with Crippen molar-refractivity contribution in [3.8, 4) is 0 Å². The molecule has 0 N–H and O–H groups in total. The lowest BCUT2D eigenvalue weighted by Gasteiger charge is -2.22. The van der Waals surface area contributed by atoms with Gasteiger partial charge >= 0.3 is 0 Å². The van der Waals surface area contributed by atoms with Gasteiger partial charge in [-0.15, -0.1) is 0 Å². The first-order valence-electron chi connectivity index (χ1n) is 7.94. The van der Waals surface area contributed by atoms with Crippen LogP contribution < -0.4 is 4.90 Å². The van der Waals surface area contributed by atoms with E-state index in [1.807, 2.05) is 43.3 Å². The van der Waals surface area contributed by atoms with E-state index in [0.717, 1.165) is 28.8 Å². The molecule has 122 valence electrons. The quantitative estimate of drug-likeness (QED) is 0.603. The highest BCUT2D eigenvalue weighted by Gasteiger charge is 2.17. The number of hydrogen-bond donors (Lipinski definition) is 0. The van der Waals surface area contributed by atoms with Crippen LogP contribution >= 0.6 is 11.3 Å². The standard InChI is InChI=1S/C20H20N2OS/c1-15-19(16(2)23)24-20(21-15)22(13-17-9-5-3-6-10-17)14-18-11-7-4-8-12-18/h3-12H,13-14H2,1-2H3. The maximum Gasteiger partial charge on any atom is 0.186 e. The summed E-state index contributed by atoms with van der Waals surface area (Å²) in [5.41, 5.74) is 3.27. The normalized spacial score (nSPS) is 10.6. The monoisotopic (exact) mass is 336 g/mol. The Hall–Kier alpha value is -2.46. The van der Waals surface area contributed by atoms with Crippen molar-refractivity contribution >= 4 is 22.3 Å².